The number of rotatable bonds is 12. The van der Waals surface area contributed by atoms with E-state index in [2.05, 4.69) is 15.5 Å². The van der Waals surface area contributed by atoms with Crippen LogP contribution in [-0.2, 0) is 14.6 Å². The average Bonchev–Trinajstić information content (AvgIpc) is 3.37. The Labute approximate surface area is 219 Å². The fourth-order valence-electron chi connectivity index (χ4n) is 3.02. The summed E-state index contributed by atoms with van der Waals surface area (Å²) < 4.78 is 40.5. The SMILES string of the molecule is CCS(=O)(=O)c1nnc(NC(=O)C(C#N)=Cc2ccc(OCCCOc3cccc(C)c3)c(OC)c2)s1. The van der Waals surface area contributed by atoms with Crippen molar-refractivity contribution in [2.24, 2.45) is 0 Å². The number of methoxy groups -OCH3 is 1. The summed E-state index contributed by atoms with van der Waals surface area (Å²) in [6, 6.07) is 14.7. The Morgan fingerprint density at radius 3 is 2.62 bits per heavy atom. The van der Waals surface area contributed by atoms with Crippen molar-refractivity contribution in [3.63, 3.8) is 0 Å². The quantitative estimate of drug-likeness (QED) is 0.155. The number of carbonyl (C=O) groups is 1. The van der Waals surface area contributed by atoms with Crippen LogP contribution in [-0.4, -0.2) is 50.6 Å². The molecule has 0 unspecified atom stereocenters. The van der Waals surface area contributed by atoms with E-state index in [0.717, 1.165) is 22.6 Å². The first-order valence-electron chi connectivity index (χ1n) is 11.3. The van der Waals surface area contributed by atoms with Crippen LogP contribution in [0.4, 0.5) is 5.13 Å². The van der Waals surface area contributed by atoms with Crippen molar-refractivity contribution in [2.75, 3.05) is 31.4 Å². The van der Waals surface area contributed by atoms with Crippen LogP contribution in [0.5, 0.6) is 17.2 Å². The normalized spacial score (nSPS) is 11.5. The number of hydrogen-bond donors (Lipinski definition) is 1. The van der Waals surface area contributed by atoms with Gasteiger partial charge in [0.2, 0.25) is 19.3 Å². The third-order valence-electron chi connectivity index (χ3n) is 4.94. The van der Waals surface area contributed by atoms with Gasteiger partial charge in [-0.15, -0.1) is 10.2 Å². The molecule has 0 fully saturated rings. The number of carbonyl (C=O) groups excluding carboxylic acids is 1. The van der Waals surface area contributed by atoms with Gasteiger partial charge in [-0.1, -0.05) is 36.5 Å². The van der Waals surface area contributed by atoms with Crippen LogP contribution in [0.1, 0.15) is 24.5 Å². The second kappa shape index (κ2) is 12.8. The number of ether oxygens (including phenoxy) is 3. The minimum absolute atomic E-state index is 0.0223. The first-order chi connectivity index (χ1) is 17.7. The predicted molar refractivity (Wildman–Crippen MR) is 140 cm³/mol. The van der Waals surface area contributed by atoms with Gasteiger partial charge in [-0.2, -0.15) is 5.26 Å². The Morgan fingerprint density at radius 1 is 1.14 bits per heavy atom. The Balaban J connectivity index is 1.60. The summed E-state index contributed by atoms with van der Waals surface area (Å²) in [6.07, 6.45) is 2.03. The van der Waals surface area contributed by atoms with Crippen LogP contribution >= 0.6 is 11.3 Å². The Kier molecular flexibility index (Phi) is 9.59. The molecule has 10 nitrogen and oxygen atoms in total. The first-order valence-corrected chi connectivity index (χ1v) is 13.7. The van der Waals surface area contributed by atoms with Gasteiger partial charge in [0.25, 0.3) is 5.91 Å². The zero-order valence-electron chi connectivity index (χ0n) is 20.6. The zero-order chi connectivity index (χ0) is 26.8. The van der Waals surface area contributed by atoms with E-state index in [0.29, 0.717) is 36.7 Å². The highest BCUT2D eigenvalue weighted by atomic mass is 32.2. The predicted octanol–water partition coefficient (Wildman–Crippen LogP) is 4.04. The summed E-state index contributed by atoms with van der Waals surface area (Å²) >= 11 is 0.721. The van der Waals surface area contributed by atoms with Crippen molar-refractivity contribution in [3.8, 4) is 23.3 Å². The molecule has 0 aliphatic rings. The Morgan fingerprint density at radius 2 is 1.92 bits per heavy atom. The van der Waals surface area contributed by atoms with E-state index in [1.165, 1.54) is 20.1 Å². The van der Waals surface area contributed by atoms with Gasteiger partial charge in [0.1, 0.15) is 17.4 Å². The van der Waals surface area contributed by atoms with Crippen LogP contribution in [0.3, 0.4) is 0 Å². The van der Waals surface area contributed by atoms with Crippen LogP contribution in [0, 0.1) is 18.3 Å². The van der Waals surface area contributed by atoms with Gasteiger partial charge in [-0.3, -0.25) is 10.1 Å². The summed E-state index contributed by atoms with van der Waals surface area (Å²) in [7, 11) is -2.05. The molecule has 0 saturated heterocycles. The van der Waals surface area contributed by atoms with Crippen molar-refractivity contribution >= 4 is 38.3 Å². The van der Waals surface area contributed by atoms with Crippen LogP contribution in [0.2, 0.25) is 0 Å². The van der Waals surface area contributed by atoms with Crippen LogP contribution < -0.4 is 19.5 Å². The number of amides is 1. The number of nitriles is 1. The lowest BCUT2D eigenvalue weighted by Gasteiger charge is -2.12. The molecule has 1 heterocycles. The number of aromatic nitrogens is 2. The summed E-state index contributed by atoms with van der Waals surface area (Å²) in [6.45, 7) is 4.38. The molecule has 0 spiro atoms. The maximum absolute atomic E-state index is 12.5. The van der Waals surface area contributed by atoms with Crippen molar-refractivity contribution < 1.29 is 27.4 Å². The molecule has 1 aromatic heterocycles. The smallest absolute Gasteiger partial charge is 0.268 e. The van der Waals surface area contributed by atoms with E-state index in [9.17, 15) is 18.5 Å². The number of anilines is 1. The lowest BCUT2D eigenvalue weighted by molar-refractivity contribution is -0.112. The van der Waals surface area contributed by atoms with Gasteiger partial charge in [0.05, 0.1) is 26.1 Å². The van der Waals surface area contributed by atoms with Crippen LogP contribution in [0.25, 0.3) is 6.08 Å². The number of hydrogen-bond acceptors (Lipinski definition) is 10. The Bertz CT molecular complexity index is 1430. The third-order valence-corrected chi connectivity index (χ3v) is 7.96. The fourth-order valence-corrected chi connectivity index (χ4v) is 5.00. The Hall–Kier alpha value is -3.95. The van der Waals surface area contributed by atoms with Crippen molar-refractivity contribution in [1.29, 1.82) is 5.26 Å². The second-order valence-corrected chi connectivity index (χ2v) is 11.1. The number of nitrogens with one attached hydrogen (secondary N) is 1. The van der Waals surface area contributed by atoms with E-state index in [4.69, 9.17) is 14.2 Å². The molecule has 1 N–H and O–H groups in total. The highest BCUT2D eigenvalue weighted by Gasteiger charge is 2.20. The van der Waals surface area contributed by atoms with Crippen molar-refractivity contribution in [1.82, 2.24) is 10.2 Å². The molecule has 194 valence electrons. The fraction of sp³-hybridized carbons (Fsp3) is 0.280. The second-order valence-electron chi connectivity index (χ2n) is 7.68. The first kappa shape index (κ1) is 27.6. The van der Waals surface area contributed by atoms with E-state index in [1.807, 2.05) is 37.3 Å². The van der Waals surface area contributed by atoms with Gasteiger partial charge in [0, 0.05) is 6.42 Å². The molecule has 3 rings (SSSR count). The molecule has 0 radical (unpaired) electrons. The number of sulfone groups is 1. The molecule has 0 atom stereocenters. The van der Waals surface area contributed by atoms with Gasteiger partial charge in [-0.05, 0) is 48.4 Å². The monoisotopic (exact) mass is 542 g/mol. The minimum Gasteiger partial charge on any atom is -0.493 e. The lowest BCUT2D eigenvalue weighted by atomic mass is 10.1. The van der Waals surface area contributed by atoms with E-state index in [-0.39, 0.29) is 20.8 Å². The van der Waals surface area contributed by atoms with Crippen molar-refractivity contribution in [3.05, 3.63) is 59.2 Å². The van der Waals surface area contributed by atoms with E-state index < -0.39 is 15.7 Å². The summed E-state index contributed by atoms with van der Waals surface area (Å²) in [5, 5.41) is 19.1. The number of benzene rings is 2. The molecule has 2 aromatic carbocycles. The number of nitrogens with zero attached hydrogens (tertiary/aromatic N) is 3. The van der Waals surface area contributed by atoms with E-state index >= 15 is 0 Å². The summed E-state index contributed by atoms with van der Waals surface area (Å²) in [5.41, 5.74) is 1.45. The largest absolute Gasteiger partial charge is 0.493 e. The highest BCUT2D eigenvalue weighted by molar-refractivity contribution is 7.93. The third kappa shape index (κ3) is 7.77. The maximum atomic E-state index is 12.5. The molecule has 0 bridgehead atoms. The zero-order valence-corrected chi connectivity index (χ0v) is 22.2. The van der Waals surface area contributed by atoms with Gasteiger partial charge < -0.3 is 14.2 Å². The summed E-state index contributed by atoms with van der Waals surface area (Å²) in [4.78, 5) is 12.5. The summed E-state index contributed by atoms with van der Waals surface area (Å²) in [5.74, 6) is 0.874. The minimum atomic E-state index is -3.54. The topological polar surface area (TPSA) is 140 Å². The molecule has 0 aliphatic heterocycles. The van der Waals surface area contributed by atoms with Gasteiger partial charge >= 0.3 is 0 Å². The highest BCUT2D eigenvalue weighted by Crippen LogP contribution is 2.29. The van der Waals surface area contributed by atoms with Gasteiger partial charge in [-0.25, -0.2) is 8.42 Å². The van der Waals surface area contributed by atoms with Crippen LogP contribution in [0.15, 0.2) is 52.4 Å². The number of aryl methyl sites for hydroxylation is 1. The maximum Gasteiger partial charge on any atom is 0.268 e. The molecular weight excluding hydrogens is 516 g/mol. The standard InChI is InChI=1S/C25H26N4O6S2/c1-4-37(31,32)25-29-28-24(36-25)27-23(30)19(16-26)14-18-9-10-21(22(15-18)33-3)35-12-6-11-34-20-8-5-7-17(2)13-20/h5,7-10,13-15H,4,6,11-12H2,1-3H3,(H,27,28,30). The molecule has 12 heteroatoms. The van der Waals surface area contributed by atoms with E-state index in [1.54, 1.807) is 18.2 Å². The molecular formula is C25H26N4O6S2. The molecule has 37 heavy (non-hydrogen) atoms. The van der Waals surface area contributed by atoms with Gasteiger partial charge in [0.15, 0.2) is 11.5 Å². The average molecular weight is 543 g/mol. The molecule has 3 aromatic rings. The molecule has 0 saturated carbocycles. The molecule has 0 aliphatic carbocycles. The van der Waals surface area contributed by atoms with Crippen molar-refractivity contribution in [2.45, 2.75) is 24.6 Å². The lowest BCUT2D eigenvalue weighted by Crippen LogP contribution is -2.13. The molecule has 1 amide bonds.